The van der Waals surface area contributed by atoms with E-state index in [9.17, 15) is 0 Å². The van der Waals surface area contributed by atoms with Crippen molar-refractivity contribution in [3.63, 3.8) is 0 Å². The molecule has 0 aliphatic carbocycles. The lowest BCUT2D eigenvalue weighted by Crippen LogP contribution is -2.37. The standard InChI is InChI=1S/C14H25N3O/c1-3-6-15-10-13-4-7-17(8-5-13)11-14-9-12(2)18-16-14/h9,13,15H,3-8,10-11H2,1-2H3. The Hall–Kier alpha value is -0.870. The zero-order valence-corrected chi connectivity index (χ0v) is 11.6. The topological polar surface area (TPSA) is 41.3 Å². The van der Waals surface area contributed by atoms with Gasteiger partial charge < -0.3 is 9.84 Å². The van der Waals surface area contributed by atoms with E-state index in [1.54, 1.807) is 0 Å². The Morgan fingerprint density at radius 1 is 1.44 bits per heavy atom. The summed E-state index contributed by atoms with van der Waals surface area (Å²) in [4.78, 5) is 2.48. The van der Waals surface area contributed by atoms with Gasteiger partial charge in [-0.1, -0.05) is 12.1 Å². The molecule has 2 rings (SSSR count). The van der Waals surface area contributed by atoms with Crippen LogP contribution in [0.25, 0.3) is 0 Å². The zero-order chi connectivity index (χ0) is 12.8. The van der Waals surface area contributed by atoms with Crippen LogP contribution in [-0.4, -0.2) is 36.2 Å². The molecular weight excluding hydrogens is 226 g/mol. The predicted octanol–water partition coefficient (Wildman–Crippen LogP) is 2.19. The second-order valence-corrected chi connectivity index (χ2v) is 5.35. The molecule has 1 aromatic heterocycles. The Morgan fingerprint density at radius 2 is 2.22 bits per heavy atom. The average molecular weight is 251 g/mol. The number of aromatic nitrogens is 1. The second kappa shape index (κ2) is 6.90. The van der Waals surface area contributed by atoms with Crippen LogP contribution in [0.5, 0.6) is 0 Å². The Kier molecular flexibility index (Phi) is 5.20. The van der Waals surface area contributed by atoms with Crippen molar-refractivity contribution < 1.29 is 4.52 Å². The first-order valence-electron chi connectivity index (χ1n) is 7.13. The van der Waals surface area contributed by atoms with Crippen LogP contribution in [0.3, 0.4) is 0 Å². The van der Waals surface area contributed by atoms with Crippen molar-refractivity contribution in [3.8, 4) is 0 Å². The van der Waals surface area contributed by atoms with Crippen LogP contribution in [0.15, 0.2) is 10.6 Å². The number of hydrogen-bond acceptors (Lipinski definition) is 4. The van der Waals surface area contributed by atoms with Gasteiger partial charge in [-0.15, -0.1) is 0 Å². The van der Waals surface area contributed by atoms with Gasteiger partial charge in [0.1, 0.15) is 5.76 Å². The van der Waals surface area contributed by atoms with E-state index < -0.39 is 0 Å². The number of nitrogens with one attached hydrogen (secondary N) is 1. The number of aryl methyl sites for hydroxylation is 1. The van der Waals surface area contributed by atoms with E-state index in [-0.39, 0.29) is 0 Å². The van der Waals surface area contributed by atoms with E-state index in [2.05, 4.69) is 22.3 Å². The van der Waals surface area contributed by atoms with E-state index in [1.807, 2.05) is 13.0 Å². The van der Waals surface area contributed by atoms with Crippen molar-refractivity contribution in [3.05, 3.63) is 17.5 Å². The van der Waals surface area contributed by atoms with Crippen LogP contribution >= 0.6 is 0 Å². The first-order chi connectivity index (χ1) is 8.78. The van der Waals surface area contributed by atoms with Crippen molar-refractivity contribution in [2.24, 2.45) is 5.92 Å². The Balaban J connectivity index is 1.67. The summed E-state index contributed by atoms with van der Waals surface area (Å²) in [5.41, 5.74) is 1.06. The maximum atomic E-state index is 5.11. The van der Waals surface area contributed by atoms with Gasteiger partial charge in [0.05, 0.1) is 5.69 Å². The Labute approximate surface area is 110 Å². The molecule has 0 unspecified atom stereocenters. The zero-order valence-electron chi connectivity index (χ0n) is 11.6. The molecule has 0 saturated carbocycles. The molecule has 4 nitrogen and oxygen atoms in total. The van der Waals surface area contributed by atoms with E-state index in [4.69, 9.17) is 4.52 Å². The van der Waals surface area contributed by atoms with Gasteiger partial charge >= 0.3 is 0 Å². The smallest absolute Gasteiger partial charge is 0.133 e. The predicted molar refractivity (Wildman–Crippen MR) is 72.4 cm³/mol. The highest BCUT2D eigenvalue weighted by Crippen LogP contribution is 2.18. The second-order valence-electron chi connectivity index (χ2n) is 5.35. The Bertz CT molecular complexity index is 343. The van der Waals surface area contributed by atoms with Crippen molar-refractivity contribution in [2.45, 2.75) is 39.7 Å². The molecule has 1 fully saturated rings. The molecule has 0 atom stereocenters. The van der Waals surface area contributed by atoms with Crippen molar-refractivity contribution in [1.82, 2.24) is 15.4 Å². The highest BCUT2D eigenvalue weighted by atomic mass is 16.5. The maximum absolute atomic E-state index is 5.11. The molecular formula is C14H25N3O. The fourth-order valence-electron chi connectivity index (χ4n) is 2.55. The van der Waals surface area contributed by atoms with Crippen molar-refractivity contribution in [2.75, 3.05) is 26.2 Å². The molecule has 0 radical (unpaired) electrons. The first-order valence-corrected chi connectivity index (χ1v) is 7.13. The van der Waals surface area contributed by atoms with Crippen molar-refractivity contribution >= 4 is 0 Å². The first kappa shape index (κ1) is 13.6. The van der Waals surface area contributed by atoms with Gasteiger partial charge in [-0.3, -0.25) is 4.90 Å². The van der Waals surface area contributed by atoms with Gasteiger partial charge in [0, 0.05) is 12.6 Å². The molecule has 4 heteroatoms. The molecule has 1 saturated heterocycles. The van der Waals surface area contributed by atoms with E-state index in [1.165, 1.54) is 38.9 Å². The summed E-state index contributed by atoms with van der Waals surface area (Å²) in [6.07, 6.45) is 3.82. The minimum Gasteiger partial charge on any atom is -0.361 e. The summed E-state index contributed by atoms with van der Waals surface area (Å²) < 4.78 is 5.11. The summed E-state index contributed by atoms with van der Waals surface area (Å²) in [7, 11) is 0. The van der Waals surface area contributed by atoms with Crippen LogP contribution in [-0.2, 0) is 6.54 Å². The summed E-state index contributed by atoms with van der Waals surface area (Å²) in [5, 5.41) is 7.59. The molecule has 1 aromatic rings. The third-order valence-electron chi connectivity index (χ3n) is 3.63. The van der Waals surface area contributed by atoms with Gasteiger partial charge in [-0.2, -0.15) is 0 Å². The normalized spacial score (nSPS) is 18.3. The average Bonchev–Trinajstić information content (AvgIpc) is 2.77. The third-order valence-corrected chi connectivity index (χ3v) is 3.63. The van der Waals surface area contributed by atoms with Crippen molar-refractivity contribution in [1.29, 1.82) is 0 Å². The minimum atomic E-state index is 0.854. The molecule has 0 spiro atoms. The van der Waals surface area contributed by atoms with Gasteiger partial charge in [-0.05, 0) is 58.3 Å². The van der Waals surface area contributed by atoms with Gasteiger partial charge in [0.25, 0.3) is 0 Å². The summed E-state index contributed by atoms with van der Waals surface area (Å²) in [6.45, 7) is 9.81. The van der Waals surface area contributed by atoms with Gasteiger partial charge in [0.2, 0.25) is 0 Å². The third kappa shape index (κ3) is 4.10. The lowest BCUT2D eigenvalue weighted by molar-refractivity contribution is 0.172. The monoisotopic (exact) mass is 251 g/mol. The molecule has 2 heterocycles. The van der Waals surface area contributed by atoms with E-state index >= 15 is 0 Å². The molecule has 0 aromatic carbocycles. The number of likely N-dealkylation sites (tertiary alicyclic amines) is 1. The maximum Gasteiger partial charge on any atom is 0.133 e. The number of hydrogen-bond donors (Lipinski definition) is 1. The molecule has 0 bridgehead atoms. The van der Waals surface area contributed by atoms with Crippen LogP contribution in [0.2, 0.25) is 0 Å². The minimum absolute atomic E-state index is 0.854. The lowest BCUT2D eigenvalue weighted by atomic mass is 9.96. The number of nitrogens with zero attached hydrogens (tertiary/aromatic N) is 2. The van der Waals surface area contributed by atoms with Crippen LogP contribution < -0.4 is 5.32 Å². The van der Waals surface area contributed by atoms with Crippen LogP contribution in [0.1, 0.15) is 37.6 Å². The lowest BCUT2D eigenvalue weighted by Gasteiger charge is -2.31. The number of rotatable bonds is 6. The molecule has 1 aliphatic heterocycles. The quantitative estimate of drug-likeness (QED) is 0.787. The number of piperidine rings is 1. The summed E-state index contributed by atoms with van der Waals surface area (Å²) in [6, 6.07) is 2.04. The fraction of sp³-hybridized carbons (Fsp3) is 0.786. The van der Waals surface area contributed by atoms with Gasteiger partial charge in [0.15, 0.2) is 0 Å². The summed E-state index contributed by atoms with van der Waals surface area (Å²) in [5.74, 6) is 1.76. The highest BCUT2D eigenvalue weighted by Gasteiger charge is 2.19. The SMILES string of the molecule is CCCNCC1CCN(Cc2cc(C)on2)CC1. The van der Waals surface area contributed by atoms with Crippen LogP contribution in [0, 0.1) is 12.8 Å². The van der Waals surface area contributed by atoms with E-state index in [0.29, 0.717) is 0 Å². The molecule has 1 aliphatic rings. The van der Waals surface area contributed by atoms with E-state index in [0.717, 1.165) is 30.5 Å². The molecule has 102 valence electrons. The van der Waals surface area contributed by atoms with Gasteiger partial charge in [-0.25, -0.2) is 0 Å². The Morgan fingerprint density at radius 3 is 2.83 bits per heavy atom. The largest absolute Gasteiger partial charge is 0.361 e. The molecule has 0 amide bonds. The molecule has 1 N–H and O–H groups in total. The van der Waals surface area contributed by atoms with Crippen LogP contribution in [0.4, 0.5) is 0 Å². The molecule has 18 heavy (non-hydrogen) atoms. The highest BCUT2D eigenvalue weighted by molar-refractivity contribution is 5.03. The fourth-order valence-corrected chi connectivity index (χ4v) is 2.55. The summed E-state index contributed by atoms with van der Waals surface area (Å²) >= 11 is 0.